The van der Waals surface area contributed by atoms with Crippen LogP contribution in [0.2, 0.25) is 0 Å². The largest absolute Gasteiger partial charge is 0.345 e. The van der Waals surface area contributed by atoms with Crippen molar-refractivity contribution in [3.8, 4) is 0 Å². The lowest BCUT2D eigenvalue weighted by Crippen LogP contribution is -2.48. The number of piperazine rings is 1. The number of sulfonamides is 1. The summed E-state index contributed by atoms with van der Waals surface area (Å²) in [5.74, 6) is 0. The molecule has 0 aromatic carbocycles. The summed E-state index contributed by atoms with van der Waals surface area (Å²) in [7, 11) is -3.50. The number of H-pyrrole nitrogens is 1. The minimum Gasteiger partial charge on any atom is -0.345 e. The maximum absolute atomic E-state index is 13.0. The van der Waals surface area contributed by atoms with E-state index in [4.69, 9.17) is 0 Å². The topological polar surface area (TPSA) is 87.1 Å². The molecule has 0 spiro atoms. The number of hydrogen-bond donors (Lipinski definition) is 1. The number of unbranched alkanes of at least 4 members (excludes halogenated alkanes) is 2. The average molecular weight is 403 g/mol. The number of nitrogens with one attached hydrogen (secondary N) is 1. The summed E-state index contributed by atoms with van der Waals surface area (Å²) in [6, 6.07) is 5.51. The van der Waals surface area contributed by atoms with Crippen LogP contribution < -0.4 is 0 Å². The van der Waals surface area contributed by atoms with Crippen molar-refractivity contribution in [3.05, 3.63) is 43.0 Å². The highest BCUT2D eigenvalue weighted by atomic mass is 32.2. The first-order valence-electron chi connectivity index (χ1n) is 9.76. The van der Waals surface area contributed by atoms with Gasteiger partial charge in [0.15, 0.2) is 0 Å². The second kappa shape index (κ2) is 8.42. The summed E-state index contributed by atoms with van der Waals surface area (Å²) in [6.45, 7) is 4.59. The predicted octanol–water partition coefficient (Wildman–Crippen LogP) is 1.94. The van der Waals surface area contributed by atoms with Gasteiger partial charge in [-0.3, -0.25) is 4.68 Å². The summed E-state index contributed by atoms with van der Waals surface area (Å²) in [5, 5.41) is 4.87. The maximum atomic E-state index is 13.0. The Kier molecular flexibility index (Phi) is 5.74. The zero-order valence-corrected chi connectivity index (χ0v) is 16.7. The number of aromatic nitrogens is 4. The zero-order chi connectivity index (χ0) is 19.4. The van der Waals surface area contributed by atoms with E-state index in [0.29, 0.717) is 29.0 Å². The van der Waals surface area contributed by atoms with Gasteiger partial charge in [0.05, 0.1) is 0 Å². The molecule has 28 heavy (non-hydrogen) atoms. The number of aryl methyl sites for hydroxylation is 1. The summed E-state index contributed by atoms with van der Waals surface area (Å²) in [6.07, 6.45) is 10.4. The van der Waals surface area contributed by atoms with Crippen LogP contribution in [0.15, 0.2) is 47.9 Å². The van der Waals surface area contributed by atoms with E-state index in [1.807, 2.05) is 16.9 Å². The lowest BCUT2D eigenvalue weighted by molar-refractivity contribution is 0.185. The van der Waals surface area contributed by atoms with E-state index in [1.54, 1.807) is 35.0 Å². The molecule has 0 saturated carbocycles. The molecule has 3 aromatic rings. The fourth-order valence-electron chi connectivity index (χ4n) is 3.70. The van der Waals surface area contributed by atoms with Crippen molar-refractivity contribution < 1.29 is 8.42 Å². The van der Waals surface area contributed by atoms with Gasteiger partial charge in [0, 0.05) is 62.9 Å². The van der Waals surface area contributed by atoms with Crippen molar-refractivity contribution >= 4 is 21.1 Å². The van der Waals surface area contributed by atoms with Gasteiger partial charge < -0.3 is 9.88 Å². The number of pyridine rings is 1. The number of aromatic amines is 1. The summed E-state index contributed by atoms with van der Waals surface area (Å²) in [5.41, 5.74) is 0.606. The molecule has 1 aliphatic rings. The van der Waals surface area contributed by atoms with Crippen LogP contribution in [0.4, 0.5) is 0 Å². The van der Waals surface area contributed by atoms with E-state index in [2.05, 4.69) is 20.0 Å². The van der Waals surface area contributed by atoms with E-state index in [-0.39, 0.29) is 0 Å². The highest BCUT2D eigenvalue weighted by molar-refractivity contribution is 7.89. The smallest absolute Gasteiger partial charge is 0.245 e. The van der Waals surface area contributed by atoms with E-state index in [9.17, 15) is 8.42 Å². The summed E-state index contributed by atoms with van der Waals surface area (Å²) >= 11 is 0. The third-order valence-electron chi connectivity index (χ3n) is 5.28. The van der Waals surface area contributed by atoms with Gasteiger partial charge in [0.2, 0.25) is 10.0 Å². The molecule has 3 aromatic heterocycles. The molecule has 0 unspecified atom stereocenters. The van der Waals surface area contributed by atoms with Gasteiger partial charge in [0.25, 0.3) is 0 Å². The van der Waals surface area contributed by atoms with Crippen LogP contribution in [-0.4, -0.2) is 70.1 Å². The fourth-order valence-corrected chi connectivity index (χ4v) is 5.27. The van der Waals surface area contributed by atoms with Crippen molar-refractivity contribution in [2.45, 2.75) is 30.7 Å². The van der Waals surface area contributed by atoms with E-state index < -0.39 is 10.0 Å². The minimum absolute atomic E-state index is 0.322. The Labute approximate surface area is 165 Å². The quantitative estimate of drug-likeness (QED) is 0.582. The van der Waals surface area contributed by atoms with Crippen LogP contribution in [0.1, 0.15) is 19.3 Å². The lowest BCUT2D eigenvalue weighted by Gasteiger charge is -2.33. The Balaban J connectivity index is 1.25. The molecule has 8 nitrogen and oxygen atoms in total. The van der Waals surface area contributed by atoms with Crippen molar-refractivity contribution in [2.75, 3.05) is 32.7 Å². The van der Waals surface area contributed by atoms with Gasteiger partial charge in [-0.15, -0.1) is 0 Å². The molecule has 4 rings (SSSR count). The Morgan fingerprint density at radius 1 is 1.00 bits per heavy atom. The van der Waals surface area contributed by atoms with E-state index >= 15 is 0 Å². The molecule has 1 fully saturated rings. The molecule has 0 amide bonds. The highest BCUT2D eigenvalue weighted by Crippen LogP contribution is 2.25. The third-order valence-corrected chi connectivity index (χ3v) is 7.22. The van der Waals surface area contributed by atoms with Gasteiger partial charge in [0.1, 0.15) is 10.5 Å². The first-order chi connectivity index (χ1) is 13.6. The van der Waals surface area contributed by atoms with Gasteiger partial charge in [-0.1, -0.05) is 6.42 Å². The molecule has 1 saturated heterocycles. The molecule has 0 atom stereocenters. The predicted molar refractivity (Wildman–Crippen MR) is 107 cm³/mol. The molecule has 150 valence electrons. The van der Waals surface area contributed by atoms with Gasteiger partial charge in [-0.2, -0.15) is 9.40 Å². The molecule has 1 N–H and O–H groups in total. The number of hydrogen-bond acceptors (Lipinski definition) is 5. The van der Waals surface area contributed by atoms with Crippen LogP contribution in [0, 0.1) is 0 Å². The maximum Gasteiger partial charge on any atom is 0.245 e. The second-order valence-electron chi connectivity index (χ2n) is 7.13. The molecule has 0 radical (unpaired) electrons. The van der Waals surface area contributed by atoms with E-state index in [0.717, 1.165) is 45.4 Å². The first-order valence-corrected chi connectivity index (χ1v) is 11.2. The van der Waals surface area contributed by atoms with E-state index in [1.165, 1.54) is 0 Å². The molecular weight excluding hydrogens is 376 g/mol. The summed E-state index contributed by atoms with van der Waals surface area (Å²) in [4.78, 5) is 9.82. The fraction of sp³-hybridized carbons (Fsp3) is 0.474. The Hall–Kier alpha value is -2.23. The Bertz CT molecular complexity index is 991. The molecule has 0 bridgehead atoms. The van der Waals surface area contributed by atoms with Crippen LogP contribution in [0.25, 0.3) is 11.0 Å². The molecule has 0 aliphatic carbocycles. The summed E-state index contributed by atoms with van der Waals surface area (Å²) < 4.78 is 29.6. The Morgan fingerprint density at radius 2 is 1.82 bits per heavy atom. The number of rotatable bonds is 8. The SMILES string of the molecule is O=S(=O)(c1c[nH]c2ncccc12)N1CCN(CCCCCn2cccn2)CC1. The lowest BCUT2D eigenvalue weighted by atomic mass is 10.2. The highest BCUT2D eigenvalue weighted by Gasteiger charge is 2.30. The monoisotopic (exact) mass is 402 g/mol. The normalized spacial score (nSPS) is 16.7. The minimum atomic E-state index is -3.50. The first kappa shape index (κ1) is 19.1. The van der Waals surface area contributed by atoms with Crippen LogP contribution in [0.5, 0.6) is 0 Å². The second-order valence-corrected chi connectivity index (χ2v) is 9.03. The number of nitrogens with zero attached hydrogens (tertiary/aromatic N) is 5. The van der Waals surface area contributed by atoms with Crippen molar-refractivity contribution in [1.29, 1.82) is 0 Å². The van der Waals surface area contributed by atoms with Crippen LogP contribution >= 0.6 is 0 Å². The molecule has 9 heteroatoms. The molecule has 1 aliphatic heterocycles. The van der Waals surface area contributed by atoms with Gasteiger partial charge >= 0.3 is 0 Å². The average Bonchev–Trinajstić information content (AvgIpc) is 3.38. The number of fused-ring (bicyclic) bond motifs is 1. The Morgan fingerprint density at radius 3 is 2.61 bits per heavy atom. The van der Waals surface area contributed by atoms with Crippen LogP contribution in [-0.2, 0) is 16.6 Å². The third kappa shape index (κ3) is 4.11. The standard InChI is InChI=1S/C19H26N6O2S/c26-28(27,18-16-21-19-17(18)6-4-7-20-19)25-14-12-23(13-15-25)9-2-1-3-10-24-11-5-8-22-24/h4-8,11,16H,1-3,9-10,12-15H2,(H,20,21). The molecule has 4 heterocycles. The van der Waals surface area contributed by atoms with Crippen molar-refractivity contribution in [1.82, 2.24) is 29.0 Å². The van der Waals surface area contributed by atoms with Crippen molar-refractivity contribution in [3.63, 3.8) is 0 Å². The van der Waals surface area contributed by atoms with Crippen molar-refractivity contribution in [2.24, 2.45) is 0 Å². The van der Waals surface area contributed by atoms with Gasteiger partial charge in [-0.25, -0.2) is 13.4 Å². The zero-order valence-electron chi connectivity index (χ0n) is 15.9. The van der Waals surface area contributed by atoms with Gasteiger partial charge in [-0.05, 0) is 37.6 Å². The van der Waals surface area contributed by atoms with Crippen LogP contribution in [0.3, 0.4) is 0 Å². The molecular formula is C19H26N6O2S.